The van der Waals surface area contributed by atoms with Crippen molar-refractivity contribution in [3.05, 3.63) is 29.8 Å². The highest BCUT2D eigenvalue weighted by Crippen LogP contribution is 2.26. The second-order valence-corrected chi connectivity index (χ2v) is 5.19. The summed E-state index contributed by atoms with van der Waals surface area (Å²) in [6.45, 7) is 0. The Bertz CT molecular complexity index is 531. The summed E-state index contributed by atoms with van der Waals surface area (Å²) in [6, 6.07) is 1.73. The molecule has 6 nitrogen and oxygen atoms in total. The van der Waals surface area contributed by atoms with Crippen LogP contribution in [0, 0.1) is 11.6 Å². The fourth-order valence-electron chi connectivity index (χ4n) is 0.812. The zero-order valence-corrected chi connectivity index (χ0v) is 10.2. The van der Waals surface area contributed by atoms with Crippen molar-refractivity contribution in [2.24, 2.45) is 0 Å². The SMILES string of the molecule is CO[PH](=O)OOS(=O)(=O)c1cc(F)ccc1F. The van der Waals surface area contributed by atoms with Crippen LogP contribution in [0.4, 0.5) is 8.78 Å². The number of benzene rings is 1. The molecule has 1 atom stereocenters. The van der Waals surface area contributed by atoms with Crippen LogP contribution in [-0.2, 0) is 28.2 Å². The smallest absolute Gasteiger partial charge is 0.312 e. The van der Waals surface area contributed by atoms with E-state index in [1.807, 2.05) is 0 Å². The lowest BCUT2D eigenvalue weighted by molar-refractivity contribution is -0.0964. The summed E-state index contributed by atoms with van der Waals surface area (Å²) in [5.74, 6) is -2.21. The van der Waals surface area contributed by atoms with Gasteiger partial charge in [0.25, 0.3) is 0 Å². The Morgan fingerprint density at radius 3 is 2.53 bits per heavy atom. The predicted molar refractivity (Wildman–Crippen MR) is 51.7 cm³/mol. The first-order valence-electron chi connectivity index (χ1n) is 4.01. The van der Waals surface area contributed by atoms with E-state index in [-0.39, 0.29) is 0 Å². The van der Waals surface area contributed by atoms with Crippen molar-refractivity contribution >= 4 is 18.4 Å². The largest absolute Gasteiger partial charge is 0.348 e. The Balaban J connectivity index is 2.97. The summed E-state index contributed by atoms with van der Waals surface area (Å²) in [5.41, 5.74) is 0. The van der Waals surface area contributed by atoms with E-state index in [9.17, 15) is 21.8 Å². The Hall–Kier alpha value is -0.860. The van der Waals surface area contributed by atoms with Gasteiger partial charge in [0.1, 0.15) is 16.5 Å². The zero-order valence-electron chi connectivity index (χ0n) is 8.35. The van der Waals surface area contributed by atoms with E-state index in [1.54, 1.807) is 0 Å². The maximum atomic E-state index is 13.1. The monoisotopic (exact) mass is 288 g/mol. The third-order valence-corrected chi connectivity index (χ3v) is 3.29. The Labute approximate surface area is 96.1 Å². The molecule has 0 fully saturated rings. The second-order valence-electron chi connectivity index (χ2n) is 2.63. The van der Waals surface area contributed by atoms with Crippen molar-refractivity contribution < 1.29 is 35.3 Å². The lowest BCUT2D eigenvalue weighted by Gasteiger charge is -2.04. The van der Waals surface area contributed by atoms with Crippen LogP contribution in [0.25, 0.3) is 0 Å². The molecule has 0 aromatic heterocycles. The van der Waals surface area contributed by atoms with Gasteiger partial charge >= 0.3 is 18.4 Å². The molecule has 0 bridgehead atoms. The summed E-state index contributed by atoms with van der Waals surface area (Å²) in [5, 5.41) is 0. The maximum absolute atomic E-state index is 13.1. The summed E-state index contributed by atoms with van der Waals surface area (Å²) in [6.07, 6.45) is 0. The van der Waals surface area contributed by atoms with E-state index >= 15 is 0 Å². The predicted octanol–water partition coefficient (Wildman–Crippen LogP) is 1.64. The van der Waals surface area contributed by atoms with Gasteiger partial charge in [-0.15, -0.1) is 4.67 Å². The molecule has 0 radical (unpaired) electrons. The van der Waals surface area contributed by atoms with Crippen LogP contribution in [0.5, 0.6) is 0 Å². The molecule has 96 valence electrons. The van der Waals surface area contributed by atoms with Gasteiger partial charge in [-0.25, -0.2) is 8.78 Å². The van der Waals surface area contributed by atoms with Crippen molar-refractivity contribution in [3.63, 3.8) is 0 Å². The fourth-order valence-corrected chi connectivity index (χ4v) is 2.10. The lowest BCUT2D eigenvalue weighted by Crippen LogP contribution is -2.07. The lowest BCUT2D eigenvalue weighted by atomic mass is 10.3. The first kappa shape index (κ1) is 14.2. The molecule has 0 aliphatic heterocycles. The van der Waals surface area contributed by atoms with E-state index in [0.29, 0.717) is 12.1 Å². The Morgan fingerprint density at radius 2 is 1.94 bits per heavy atom. The van der Waals surface area contributed by atoms with Crippen LogP contribution in [0.15, 0.2) is 23.1 Å². The number of hydrogen-bond acceptors (Lipinski definition) is 6. The van der Waals surface area contributed by atoms with Crippen LogP contribution in [0.2, 0.25) is 0 Å². The van der Waals surface area contributed by atoms with Gasteiger partial charge in [-0.05, 0) is 18.2 Å². The molecule has 1 unspecified atom stereocenters. The third-order valence-electron chi connectivity index (χ3n) is 1.52. The first-order valence-corrected chi connectivity index (χ1v) is 6.64. The highest BCUT2D eigenvalue weighted by atomic mass is 32.2. The van der Waals surface area contributed by atoms with E-state index in [1.165, 1.54) is 0 Å². The molecule has 0 heterocycles. The Kier molecular flexibility index (Phi) is 4.72. The second kappa shape index (κ2) is 5.65. The van der Waals surface area contributed by atoms with Crippen LogP contribution in [0.3, 0.4) is 0 Å². The van der Waals surface area contributed by atoms with E-state index in [0.717, 1.165) is 13.2 Å². The number of hydrogen-bond donors (Lipinski definition) is 0. The normalized spacial score (nSPS) is 13.6. The molecule has 0 N–H and O–H groups in total. The minimum Gasteiger partial charge on any atom is -0.312 e. The molecular weight excluding hydrogens is 281 g/mol. The minimum absolute atomic E-state index is 0.401. The molecule has 1 aromatic rings. The van der Waals surface area contributed by atoms with Gasteiger partial charge in [0, 0.05) is 7.11 Å². The van der Waals surface area contributed by atoms with Crippen molar-refractivity contribution in [1.29, 1.82) is 0 Å². The molecule has 0 amide bonds. The zero-order chi connectivity index (χ0) is 13.1. The van der Waals surface area contributed by atoms with Crippen LogP contribution in [0.1, 0.15) is 0 Å². The van der Waals surface area contributed by atoms with Crippen LogP contribution in [-0.4, -0.2) is 15.5 Å². The van der Waals surface area contributed by atoms with Crippen molar-refractivity contribution in [2.45, 2.75) is 4.90 Å². The van der Waals surface area contributed by atoms with Crippen molar-refractivity contribution in [2.75, 3.05) is 7.11 Å². The summed E-state index contributed by atoms with van der Waals surface area (Å²) in [4.78, 5) is -1.07. The summed E-state index contributed by atoms with van der Waals surface area (Å²) in [7, 11) is -6.88. The molecule has 10 heteroatoms. The van der Waals surface area contributed by atoms with E-state index in [2.05, 4.69) is 13.5 Å². The number of rotatable bonds is 5. The first-order chi connectivity index (χ1) is 7.86. The molecule has 0 spiro atoms. The topological polar surface area (TPSA) is 78.9 Å². The molecular formula is C7H7F2O6PS. The maximum Gasteiger partial charge on any atom is 0.348 e. The van der Waals surface area contributed by atoms with Gasteiger partial charge in [-0.2, -0.15) is 8.42 Å². The fraction of sp³-hybridized carbons (Fsp3) is 0.143. The van der Waals surface area contributed by atoms with Gasteiger partial charge in [-0.1, -0.05) is 4.33 Å². The van der Waals surface area contributed by atoms with Crippen LogP contribution >= 0.6 is 8.25 Å². The van der Waals surface area contributed by atoms with Gasteiger partial charge in [0.05, 0.1) is 0 Å². The highest BCUT2D eigenvalue weighted by molar-refractivity contribution is 7.86. The molecule has 0 saturated carbocycles. The standard InChI is InChI=1S/C7H7F2O6PS/c1-13-16(10)14-15-17(11,12)7-4-5(8)2-3-6(7)9/h2-4,16H,1H3. The minimum atomic E-state index is -4.71. The molecule has 1 rings (SSSR count). The highest BCUT2D eigenvalue weighted by Gasteiger charge is 2.23. The van der Waals surface area contributed by atoms with Gasteiger partial charge in [0.15, 0.2) is 0 Å². The van der Waals surface area contributed by atoms with Crippen molar-refractivity contribution in [1.82, 2.24) is 0 Å². The molecule has 0 aliphatic carbocycles. The summed E-state index contributed by atoms with van der Waals surface area (Å²) >= 11 is 0. The van der Waals surface area contributed by atoms with Gasteiger partial charge in [0.2, 0.25) is 0 Å². The number of halogens is 2. The average molecular weight is 288 g/mol. The molecule has 0 aliphatic rings. The third kappa shape index (κ3) is 3.83. The molecule has 0 saturated heterocycles. The molecule has 17 heavy (non-hydrogen) atoms. The van der Waals surface area contributed by atoms with Gasteiger partial charge < -0.3 is 4.52 Å². The molecule has 1 aromatic carbocycles. The quantitative estimate of drug-likeness (QED) is 0.465. The summed E-state index contributed by atoms with van der Waals surface area (Å²) < 4.78 is 70.8. The van der Waals surface area contributed by atoms with E-state index < -0.39 is 34.9 Å². The van der Waals surface area contributed by atoms with Crippen molar-refractivity contribution in [3.8, 4) is 0 Å². The van der Waals surface area contributed by atoms with Crippen LogP contribution < -0.4 is 0 Å². The Morgan fingerprint density at radius 1 is 1.29 bits per heavy atom. The average Bonchev–Trinajstić information content (AvgIpc) is 2.29. The van der Waals surface area contributed by atoms with Gasteiger partial charge in [-0.3, -0.25) is 4.57 Å². The van der Waals surface area contributed by atoms with E-state index in [4.69, 9.17) is 0 Å².